The van der Waals surface area contributed by atoms with E-state index < -0.39 is 6.10 Å². The van der Waals surface area contributed by atoms with Gasteiger partial charge in [0, 0.05) is 5.37 Å². The van der Waals surface area contributed by atoms with Crippen molar-refractivity contribution in [2.45, 2.75) is 13.0 Å². The van der Waals surface area contributed by atoms with Gasteiger partial charge in [-0.2, -0.15) is 0 Å². The Morgan fingerprint density at radius 1 is 1.45 bits per heavy atom. The Kier molecular flexibility index (Phi) is 2.74. The van der Waals surface area contributed by atoms with E-state index in [0.29, 0.717) is 0 Å². The van der Waals surface area contributed by atoms with Crippen molar-refractivity contribution in [2.24, 2.45) is 0 Å². The Balaban J connectivity index is 3.12. The molecule has 0 spiro atoms. The van der Waals surface area contributed by atoms with Gasteiger partial charge >= 0.3 is 0 Å². The van der Waals surface area contributed by atoms with E-state index in [-0.39, 0.29) is 0 Å². The topological polar surface area (TPSA) is 20.2 Å². The lowest BCUT2D eigenvalue weighted by Crippen LogP contribution is -1.95. The average molecular weight is 166 g/mol. The Morgan fingerprint density at radius 2 is 2.09 bits per heavy atom. The van der Waals surface area contributed by atoms with Crippen LogP contribution >= 0.6 is 12.2 Å². The summed E-state index contributed by atoms with van der Waals surface area (Å²) < 4.78 is 0. The van der Waals surface area contributed by atoms with Crippen molar-refractivity contribution < 1.29 is 5.11 Å². The number of hydrogen-bond donors (Lipinski definition) is 1. The van der Waals surface area contributed by atoms with Gasteiger partial charge in [0.15, 0.2) is 0 Å². The van der Waals surface area contributed by atoms with Crippen LogP contribution in [0.1, 0.15) is 24.2 Å². The fraction of sp³-hybridized carbons (Fsp3) is 0.222. The zero-order valence-electron chi connectivity index (χ0n) is 6.32. The molecule has 0 saturated heterocycles. The van der Waals surface area contributed by atoms with Crippen molar-refractivity contribution in [1.82, 2.24) is 0 Å². The second kappa shape index (κ2) is 3.60. The highest BCUT2D eigenvalue weighted by atomic mass is 32.1. The third kappa shape index (κ3) is 1.85. The van der Waals surface area contributed by atoms with Crippen molar-refractivity contribution >= 4 is 17.6 Å². The van der Waals surface area contributed by atoms with Crippen molar-refractivity contribution in [3.8, 4) is 0 Å². The zero-order chi connectivity index (χ0) is 8.27. The Labute approximate surface area is 71.7 Å². The number of thiocarbonyl (C=S) groups is 1. The standard InChI is InChI=1S/C9H10OS/c1-7(10)9-5-3-2-4-8(9)6-11/h2-7,10H,1H3. The molecule has 0 amide bonds. The molecule has 0 aromatic heterocycles. The van der Waals surface area contributed by atoms with Crippen molar-refractivity contribution in [3.63, 3.8) is 0 Å². The smallest absolute Gasteiger partial charge is 0.0768 e. The lowest BCUT2D eigenvalue weighted by Gasteiger charge is -2.06. The van der Waals surface area contributed by atoms with E-state index in [1.54, 1.807) is 12.3 Å². The molecule has 0 aliphatic carbocycles. The van der Waals surface area contributed by atoms with Crippen LogP contribution in [0.25, 0.3) is 0 Å². The van der Waals surface area contributed by atoms with E-state index in [1.165, 1.54) is 0 Å². The number of rotatable bonds is 2. The SMILES string of the molecule is CC(O)c1ccccc1C=S. The van der Waals surface area contributed by atoms with Gasteiger partial charge in [-0.15, -0.1) is 0 Å². The van der Waals surface area contributed by atoms with Crippen LogP contribution < -0.4 is 0 Å². The molecule has 0 aliphatic heterocycles. The monoisotopic (exact) mass is 166 g/mol. The van der Waals surface area contributed by atoms with Gasteiger partial charge in [-0.1, -0.05) is 36.5 Å². The van der Waals surface area contributed by atoms with Gasteiger partial charge in [-0.25, -0.2) is 0 Å². The molecule has 1 aromatic rings. The number of benzene rings is 1. The van der Waals surface area contributed by atoms with Crippen LogP contribution in [0.3, 0.4) is 0 Å². The molecule has 0 saturated carbocycles. The molecule has 58 valence electrons. The molecular formula is C9H10OS. The minimum Gasteiger partial charge on any atom is -0.389 e. The van der Waals surface area contributed by atoms with Crippen LogP contribution in [0.2, 0.25) is 0 Å². The van der Waals surface area contributed by atoms with Crippen LogP contribution in [0.15, 0.2) is 24.3 Å². The first-order chi connectivity index (χ1) is 5.25. The highest BCUT2D eigenvalue weighted by molar-refractivity contribution is 7.79. The number of aliphatic hydroxyl groups excluding tert-OH is 1. The highest BCUT2D eigenvalue weighted by Gasteiger charge is 2.03. The average Bonchev–Trinajstić information content (AvgIpc) is 2.04. The van der Waals surface area contributed by atoms with Crippen LogP contribution in [0.4, 0.5) is 0 Å². The third-order valence-corrected chi connectivity index (χ3v) is 1.83. The summed E-state index contributed by atoms with van der Waals surface area (Å²) >= 11 is 4.79. The lowest BCUT2D eigenvalue weighted by molar-refractivity contribution is 0.199. The maximum Gasteiger partial charge on any atom is 0.0768 e. The van der Waals surface area contributed by atoms with Crippen LogP contribution in [0.5, 0.6) is 0 Å². The minimum absolute atomic E-state index is 0.439. The molecular weight excluding hydrogens is 156 g/mol. The zero-order valence-corrected chi connectivity index (χ0v) is 7.14. The fourth-order valence-electron chi connectivity index (χ4n) is 0.999. The third-order valence-electron chi connectivity index (χ3n) is 1.57. The second-order valence-electron chi connectivity index (χ2n) is 2.42. The molecule has 0 fully saturated rings. The molecule has 11 heavy (non-hydrogen) atoms. The summed E-state index contributed by atoms with van der Waals surface area (Å²) in [5.41, 5.74) is 1.82. The van der Waals surface area contributed by atoms with Crippen LogP contribution in [-0.4, -0.2) is 10.5 Å². The van der Waals surface area contributed by atoms with Gasteiger partial charge in [0.1, 0.15) is 0 Å². The summed E-state index contributed by atoms with van der Waals surface area (Å²) in [5.74, 6) is 0. The highest BCUT2D eigenvalue weighted by Crippen LogP contribution is 2.15. The first-order valence-corrected chi connectivity index (χ1v) is 3.95. The van der Waals surface area contributed by atoms with E-state index in [9.17, 15) is 5.11 Å². The van der Waals surface area contributed by atoms with E-state index in [0.717, 1.165) is 11.1 Å². The minimum atomic E-state index is -0.439. The maximum atomic E-state index is 9.27. The largest absolute Gasteiger partial charge is 0.389 e. The molecule has 1 unspecified atom stereocenters. The molecule has 0 aliphatic rings. The van der Waals surface area contributed by atoms with E-state index in [4.69, 9.17) is 12.2 Å². The molecule has 1 N–H and O–H groups in total. The summed E-state index contributed by atoms with van der Waals surface area (Å²) in [5, 5.41) is 10.9. The number of aliphatic hydroxyl groups is 1. The first-order valence-electron chi connectivity index (χ1n) is 3.48. The number of hydrogen-bond acceptors (Lipinski definition) is 2. The molecule has 1 rings (SSSR count). The molecule has 0 heterocycles. The van der Waals surface area contributed by atoms with Gasteiger partial charge in [0.05, 0.1) is 6.10 Å². The van der Waals surface area contributed by atoms with E-state index >= 15 is 0 Å². The fourth-order valence-corrected chi connectivity index (χ4v) is 1.21. The van der Waals surface area contributed by atoms with Crippen molar-refractivity contribution in [1.29, 1.82) is 0 Å². The Morgan fingerprint density at radius 3 is 2.55 bits per heavy atom. The summed E-state index contributed by atoms with van der Waals surface area (Å²) in [6.45, 7) is 1.73. The summed E-state index contributed by atoms with van der Waals surface area (Å²) in [4.78, 5) is 0. The summed E-state index contributed by atoms with van der Waals surface area (Å²) in [6.07, 6.45) is -0.439. The van der Waals surface area contributed by atoms with Crippen LogP contribution in [-0.2, 0) is 0 Å². The quantitative estimate of drug-likeness (QED) is 0.679. The summed E-state index contributed by atoms with van der Waals surface area (Å²) in [6, 6.07) is 7.58. The molecule has 1 atom stereocenters. The van der Waals surface area contributed by atoms with E-state index in [1.807, 2.05) is 24.3 Å². The van der Waals surface area contributed by atoms with Gasteiger partial charge < -0.3 is 5.11 Å². The van der Waals surface area contributed by atoms with Gasteiger partial charge in [-0.3, -0.25) is 0 Å². The lowest BCUT2D eigenvalue weighted by atomic mass is 10.1. The molecule has 1 nitrogen and oxygen atoms in total. The first kappa shape index (κ1) is 8.37. The van der Waals surface area contributed by atoms with Crippen LogP contribution in [0, 0.1) is 0 Å². The molecule has 2 heteroatoms. The van der Waals surface area contributed by atoms with Gasteiger partial charge in [0.2, 0.25) is 0 Å². The maximum absolute atomic E-state index is 9.27. The normalized spacial score (nSPS) is 12.5. The predicted octanol–water partition coefficient (Wildman–Crippen LogP) is 2.09. The second-order valence-corrected chi connectivity index (χ2v) is 2.66. The van der Waals surface area contributed by atoms with Crippen molar-refractivity contribution in [3.05, 3.63) is 35.4 Å². The molecule has 0 radical (unpaired) electrons. The van der Waals surface area contributed by atoms with E-state index in [2.05, 4.69) is 0 Å². The van der Waals surface area contributed by atoms with Crippen molar-refractivity contribution in [2.75, 3.05) is 0 Å². The van der Waals surface area contributed by atoms with Gasteiger partial charge in [0.25, 0.3) is 0 Å². The molecule has 1 aromatic carbocycles. The predicted molar refractivity (Wildman–Crippen MR) is 49.8 cm³/mol. The van der Waals surface area contributed by atoms with Gasteiger partial charge in [-0.05, 0) is 18.1 Å². The summed E-state index contributed by atoms with van der Waals surface area (Å²) in [7, 11) is 0. The Bertz CT molecular complexity index is 255. The Hall–Kier alpha value is -0.730. The molecule has 0 bridgehead atoms.